The second kappa shape index (κ2) is 8.17. The maximum Gasteiger partial charge on any atom is 0.235 e. The first-order chi connectivity index (χ1) is 16.6. The van der Waals surface area contributed by atoms with Crippen molar-refractivity contribution in [2.24, 2.45) is 0 Å². The number of methoxy groups -OCH3 is 1. The maximum atomic E-state index is 13.1. The molecule has 1 amide bonds. The second-order valence-corrected chi connectivity index (χ2v) is 9.72. The van der Waals surface area contributed by atoms with Gasteiger partial charge in [0, 0.05) is 18.7 Å². The van der Waals surface area contributed by atoms with Gasteiger partial charge in [0.2, 0.25) is 5.91 Å². The van der Waals surface area contributed by atoms with E-state index in [1.165, 1.54) is 0 Å². The molecule has 1 saturated carbocycles. The van der Waals surface area contributed by atoms with E-state index in [0.29, 0.717) is 5.75 Å². The highest BCUT2D eigenvalue weighted by Gasteiger charge is 2.52. The van der Waals surface area contributed by atoms with Crippen molar-refractivity contribution in [1.29, 1.82) is 0 Å². The number of fused-ring (bicyclic) bond motifs is 2. The third kappa shape index (κ3) is 3.29. The third-order valence-electron chi connectivity index (χ3n) is 7.69. The molecule has 1 N–H and O–H groups in total. The van der Waals surface area contributed by atoms with Gasteiger partial charge in [0.15, 0.2) is 5.75 Å². The zero-order chi connectivity index (χ0) is 23.3. The Kier molecular flexibility index (Phi) is 5.10. The minimum atomic E-state index is -0.443. The van der Waals surface area contributed by atoms with Crippen LogP contribution in [-0.2, 0) is 10.2 Å². The smallest absolute Gasteiger partial charge is 0.235 e. The van der Waals surface area contributed by atoms with E-state index in [1.807, 2.05) is 41.1 Å². The molecule has 0 radical (unpaired) electrons. The number of anilines is 1. The molecule has 1 spiro atoms. The average molecular weight is 459 g/mol. The Labute approximate surface area is 199 Å². The molecule has 3 heterocycles. The van der Waals surface area contributed by atoms with Gasteiger partial charge in [-0.05, 0) is 62.6 Å². The highest BCUT2D eigenvalue weighted by molar-refractivity contribution is 6.09. The highest BCUT2D eigenvalue weighted by atomic mass is 16.5. The van der Waals surface area contributed by atoms with Gasteiger partial charge in [-0.25, -0.2) is 4.68 Å². The number of rotatable bonds is 5. The van der Waals surface area contributed by atoms with Gasteiger partial charge in [0.25, 0.3) is 0 Å². The molecule has 2 aliphatic heterocycles. The number of carbonyl (C=O) groups excluding carboxylic acids is 1. The Hall–Kier alpha value is -3.32. The zero-order valence-corrected chi connectivity index (χ0v) is 19.7. The molecule has 2 aromatic carbocycles. The van der Waals surface area contributed by atoms with Gasteiger partial charge in [-0.3, -0.25) is 4.79 Å². The Morgan fingerprint density at radius 2 is 1.85 bits per heavy atom. The van der Waals surface area contributed by atoms with Crippen LogP contribution in [0.4, 0.5) is 5.69 Å². The van der Waals surface area contributed by atoms with Crippen molar-refractivity contribution < 1.29 is 14.3 Å². The summed E-state index contributed by atoms with van der Waals surface area (Å²) in [5.41, 5.74) is 4.21. The van der Waals surface area contributed by atoms with Crippen LogP contribution in [0.2, 0.25) is 0 Å². The number of hydrogen-bond donors (Lipinski definition) is 1. The molecule has 6 rings (SSSR count). The number of benzene rings is 2. The summed E-state index contributed by atoms with van der Waals surface area (Å²) in [5.74, 6) is 1.54. The van der Waals surface area contributed by atoms with Crippen LogP contribution >= 0.6 is 0 Å². The number of nitrogens with zero attached hydrogens (tertiary/aromatic N) is 3. The van der Waals surface area contributed by atoms with Gasteiger partial charge in [0.1, 0.15) is 17.5 Å². The quantitative estimate of drug-likeness (QED) is 0.614. The molecule has 1 aromatic heterocycles. The van der Waals surface area contributed by atoms with Crippen LogP contribution in [0.25, 0.3) is 16.9 Å². The lowest BCUT2D eigenvalue weighted by atomic mass is 9.65. The van der Waals surface area contributed by atoms with Gasteiger partial charge in [0.05, 0.1) is 30.1 Å². The number of likely N-dealkylation sites (tertiary alicyclic amines) is 1. The number of piperidine rings is 1. The van der Waals surface area contributed by atoms with Crippen molar-refractivity contribution in [2.45, 2.75) is 43.6 Å². The fourth-order valence-corrected chi connectivity index (χ4v) is 5.53. The molecule has 7 heteroatoms. The van der Waals surface area contributed by atoms with Crippen molar-refractivity contribution in [3.63, 3.8) is 0 Å². The van der Waals surface area contributed by atoms with E-state index in [4.69, 9.17) is 9.47 Å². The number of amides is 1. The fourth-order valence-electron chi connectivity index (χ4n) is 5.53. The lowest BCUT2D eigenvalue weighted by molar-refractivity contribution is -0.123. The first-order valence-electron chi connectivity index (χ1n) is 12.1. The SMILES string of the molecule is COc1cnn(-c2ccccc2)c1-c1cc(OC2CCN(C)CC2)c2c(c1)C1(CCC1)C(=O)N2. The van der Waals surface area contributed by atoms with Gasteiger partial charge in [-0.1, -0.05) is 24.6 Å². The summed E-state index contributed by atoms with van der Waals surface area (Å²) in [4.78, 5) is 15.4. The lowest BCUT2D eigenvalue weighted by Gasteiger charge is -2.36. The van der Waals surface area contributed by atoms with E-state index in [2.05, 4.69) is 28.4 Å². The van der Waals surface area contributed by atoms with Crippen molar-refractivity contribution in [3.05, 3.63) is 54.2 Å². The molecule has 34 heavy (non-hydrogen) atoms. The molecule has 1 saturated heterocycles. The minimum Gasteiger partial charge on any atom is -0.493 e. The van der Waals surface area contributed by atoms with Crippen molar-refractivity contribution in [2.75, 3.05) is 32.6 Å². The summed E-state index contributed by atoms with van der Waals surface area (Å²) in [6.45, 7) is 2.02. The van der Waals surface area contributed by atoms with E-state index in [0.717, 1.165) is 79.1 Å². The van der Waals surface area contributed by atoms with E-state index < -0.39 is 5.41 Å². The van der Waals surface area contributed by atoms with Crippen LogP contribution in [-0.4, -0.2) is 53.9 Å². The number of aromatic nitrogens is 2. The standard InChI is InChI=1S/C27H30N4O3/c1-30-13-9-20(10-14-30)34-22-16-18(15-21-24(22)29-26(32)27(21)11-6-12-27)25-23(33-2)17-28-31(25)19-7-4-3-5-8-19/h3-5,7-8,15-17,20H,6,9-14H2,1-2H3,(H,29,32). The predicted octanol–water partition coefficient (Wildman–Crippen LogP) is 4.39. The zero-order valence-electron chi connectivity index (χ0n) is 19.7. The van der Waals surface area contributed by atoms with Crippen LogP contribution in [0.5, 0.6) is 11.5 Å². The molecule has 3 aliphatic rings. The summed E-state index contributed by atoms with van der Waals surface area (Å²) in [6, 6.07) is 14.2. The second-order valence-electron chi connectivity index (χ2n) is 9.72. The Bertz CT molecular complexity index is 1220. The summed E-state index contributed by atoms with van der Waals surface area (Å²) >= 11 is 0. The van der Waals surface area contributed by atoms with Crippen LogP contribution in [0.15, 0.2) is 48.7 Å². The molecule has 0 unspecified atom stereocenters. The van der Waals surface area contributed by atoms with E-state index in [1.54, 1.807) is 13.3 Å². The van der Waals surface area contributed by atoms with Crippen molar-refractivity contribution in [3.8, 4) is 28.4 Å². The van der Waals surface area contributed by atoms with Gasteiger partial charge in [-0.15, -0.1) is 0 Å². The monoisotopic (exact) mass is 458 g/mol. The van der Waals surface area contributed by atoms with Crippen LogP contribution < -0.4 is 14.8 Å². The number of hydrogen-bond acceptors (Lipinski definition) is 5. The average Bonchev–Trinajstić information content (AvgIpc) is 3.39. The first kappa shape index (κ1) is 21.2. The molecule has 3 aromatic rings. The summed E-state index contributed by atoms with van der Waals surface area (Å²) in [6.07, 6.45) is 6.63. The van der Waals surface area contributed by atoms with E-state index in [9.17, 15) is 4.79 Å². The molecule has 176 valence electrons. The van der Waals surface area contributed by atoms with Gasteiger partial charge in [-0.2, -0.15) is 5.10 Å². The van der Waals surface area contributed by atoms with Crippen LogP contribution in [0, 0.1) is 0 Å². The number of para-hydroxylation sites is 1. The van der Waals surface area contributed by atoms with Gasteiger partial charge >= 0.3 is 0 Å². The third-order valence-corrected chi connectivity index (χ3v) is 7.69. The molecule has 2 fully saturated rings. The Morgan fingerprint density at radius 3 is 2.53 bits per heavy atom. The molecular weight excluding hydrogens is 428 g/mol. The summed E-state index contributed by atoms with van der Waals surface area (Å²) in [7, 11) is 3.81. The largest absolute Gasteiger partial charge is 0.493 e. The number of nitrogens with one attached hydrogen (secondary N) is 1. The van der Waals surface area contributed by atoms with E-state index in [-0.39, 0.29) is 12.0 Å². The van der Waals surface area contributed by atoms with Crippen molar-refractivity contribution in [1.82, 2.24) is 14.7 Å². The molecule has 1 aliphatic carbocycles. The Balaban J connectivity index is 1.49. The first-order valence-corrected chi connectivity index (χ1v) is 12.1. The maximum absolute atomic E-state index is 13.1. The molecule has 0 atom stereocenters. The lowest BCUT2D eigenvalue weighted by Crippen LogP contribution is -2.40. The Morgan fingerprint density at radius 1 is 1.09 bits per heavy atom. The van der Waals surface area contributed by atoms with Crippen molar-refractivity contribution >= 4 is 11.6 Å². The van der Waals surface area contributed by atoms with Crippen LogP contribution in [0.1, 0.15) is 37.7 Å². The predicted molar refractivity (Wildman–Crippen MR) is 131 cm³/mol. The highest BCUT2D eigenvalue weighted by Crippen LogP contribution is 2.55. The molecule has 7 nitrogen and oxygen atoms in total. The van der Waals surface area contributed by atoms with E-state index >= 15 is 0 Å². The molecule has 0 bridgehead atoms. The van der Waals surface area contributed by atoms with Crippen LogP contribution in [0.3, 0.4) is 0 Å². The number of ether oxygens (including phenoxy) is 2. The molecular formula is C27H30N4O3. The number of carbonyl (C=O) groups is 1. The summed E-state index contributed by atoms with van der Waals surface area (Å²) < 4.78 is 14.2. The fraction of sp³-hybridized carbons (Fsp3) is 0.407. The minimum absolute atomic E-state index is 0.0997. The summed E-state index contributed by atoms with van der Waals surface area (Å²) in [5, 5.41) is 7.81. The van der Waals surface area contributed by atoms with Gasteiger partial charge < -0.3 is 19.7 Å². The normalized spacial score (nSPS) is 19.5. The topological polar surface area (TPSA) is 68.6 Å².